The number of nitrogens with one attached hydrogen (secondary N) is 2. The number of amides is 1. The minimum Gasteiger partial charge on any atom is -0.381 e. The van der Waals surface area contributed by atoms with Gasteiger partial charge in [-0.3, -0.25) is 4.79 Å². The van der Waals surface area contributed by atoms with Crippen molar-refractivity contribution in [3.63, 3.8) is 0 Å². The number of guanidine groups is 1. The number of hydrogen-bond donors (Lipinski definition) is 2. The number of ether oxygens (including phenoxy) is 1. The average Bonchev–Trinajstić information content (AvgIpc) is 3.28. The van der Waals surface area contributed by atoms with Crippen LogP contribution >= 0.6 is 24.0 Å². The van der Waals surface area contributed by atoms with Gasteiger partial charge in [0.15, 0.2) is 5.96 Å². The summed E-state index contributed by atoms with van der Waals surface area (Å²) in [6.45, 7) is 6.83. The molecule has 0 radical (unpaired) electrons. The molecule has 1 saturated carbocycles. The Hall–Kier alpha value is -0.830. The first-order chi connectivity index (χ1) is 10.1. The largest absolute Gasteiger partial charge is 0.381 e. The Balaban J connectivity index is 0.00000441. The first-order valence-corrected chi connectivity index (χ1v) is 7.54. The summed E-state index contributed by atoms with van der Waals surface area (Å²) in [6, 6.07) is 0. The normalized spacial score (nSPS) is 14.0. The van der Waals surface area contributed by atoms with Crippen LogP contribution in [0.3, 0.4) is 0 Å². The summed E-state index contributed by atoms with van der Waals surface area (Å²) in [4.78, 5) is 17.3. The van der Waals surface area contributed by atoms with Gasteiger partial charge >= 0.3 is 0 Å². The molecule has 0 unspecified atom stereocenters. The van der Waals surface area contributed by atoms with E-state index in [0.717, 1.165) is 32.1 Å². The molecule has 0 aliphatic heterocycles. The van der Waals surface area contributed by atoms with Crippen molar-refractivity contribution in [1.82, 2.24) is 15.5 Å². The van der Waals surface area contributed by atoms with Gasteiger partial charge < -0.3 is 20.3 Å². The minimum atomic E-state index is -0.0255. The average molecular weight is 424 g/mol. The number of carbonyl (C=O) groups excluding carboxylic acids is 1. The van der Waals surface area contributed by atoms with Crippen molar-refractivity contribution in [3.05, 3.63) is 12.7 Å². The molecule has 2 N–H and O–H groups in total. The number of rotatable bonds is 10. The number of halogens is 1. The Morgan fingerprint density at radius 3 is 2.73 bits per heavy atom. The van der Waals surface area contributed by atoms with E-state index < -0.39 is 0 Å². The van der Waals surface area contributed by atoms with Gasteiger partial charge in [0.05, 0.1) is 0 Å². The van der Waals surface area contributed by atoms with Crippen LogP contribution in [0.5, 0.6) is 0 Å². The minimum absolute atomic E-state index is 0. The third kappa shape index (κ3) is 10.8. The maximum Gasteiger partial charge on any atom is 0.243 e. The van der Waals surface area contributed by atoms with Gasteiger partial charge in [-0.2, -0.15) is 0 Å². The van der Waals surface area contributed by atoms with Crippen LogP contribution in [0.15, 0.2) is 17.6 Å². The summed E-state index contributed by atoms with van der Waals surface area (Å²) in [5, 5.41) is 6.29. The van der Waals surface area contributed by atoms with E-state index in [4.69, 9.17) is 4.74 Å². The van der Waals surface area contributed by atoms with Crippen molar-refractivity contribution < 1.29 is 9.53 Å². The maximum atomic E-state index is 11.5. The summed E-state index contributed by atoms with van der Waals surface area (Å²) in [5.74, 6) is 1.41. The number of likely N-dealkylation sites (N-methyl/N-ethyl adjacent to an activating group) is 1. The molecule has 0 aromatic heterocycles. The van der Waals surface area contributed by atoms with Gasteiger partial charge in [0.2, 0.25) is 5.91 Å². The quantitative estimate of drug-likeness (QED) is 0.182. The lowest BCUT2D eigenvalue weighted by molar-refractivity contribution is -0.127. The molecule has 0 atom stereocenters. The molecule has 0 aromatic rings. The zero-order valence-electron chi connectivity index (χ0n) is 13.6. The predicted molar refractivity (Wildman–Crippen MR) is 101 cm³/mol. The van der Waals surface area contributed by atoms with E-state index >= 15 is 0 Å². The second-order valence-electron chi connectivity index (χ2n) is 5.42. The van der Waals surface area contributed by atoms with Crippen LogP contribution in [0, 0.1) is 5.92 Å². The van der Waals surface area contributed by atoms with E-state index in [1.54, 1.807) is 20.2 Å². The fourth-order valence-electron chi connectivity index (χ4n) is 1.55. The molecule has 1 aliphatic carbocycles. The van der Waals surface area contributed by atoms with Crippen LogP contribution in [0.2, 0.25) is 0 Å². The lowest BCUT2D eigenvalue weighted by Crippen LogP contribution is -2.39. The van der Waals surface area contributed by atoms with Gasteiger partial charge in [0.25, 0.3) is 0 Å². The Morgan fingerprint density at radius 1 is 1.41 bits per heavy atom. The van der Waals surface area contributed by atoms with Crippen LogP contribution in [0.4, 0.5) is 0 Å². The van der Waals surface area contributed by atoms with Crippen LogP contribution in [0.25, 0.3) is 0 Å². The topological polar surface area (TPSA) is 66.0 Å². The molecule has 0 spiro atoms. The number of hydrogen-bond acceptors (Lipinski definition) is 3. The summed E-state index contributed by atoms with van der Waals surface area (Å²) >= 11 is 0. The summed E-state index contributed by atoms with van der Waals surface area (Å²) in [6.07, 6.45) is 5.31. The molecule has 0 saturated heterocycles. The summed E-state index contributed by atoms with van der Waals surface area (Å²) < 4.78 is 5.57. The Kier molecular flexibility index (Phi) is 12.2. The third-order valence-electron chi connectivity index (χ3n) is 3.09. The van der Waals surface area contributed by atoms with E-state index in [0.29, 0.717) is 12.5 Å². The van der Waals surface area contributed by atoms with Crippen LogP contribution in [-0.4, -0.2) is 63.7 Å². The highest BCUT2D eigenvalue weighted by atomic mass is 127. The molecule has 6 nitrogen and oxygen atoms in total. The molecular formula is C15H29IN4O2. The second kappa shape index (κ2) is 12.7. The smallest absolute Gasteiger partial charge is 0.243 e. The molecule has 1 aliphatic rings. The van der Waals surface area contributed by atoms with Crippen molar-refractivity contribution in [2.75, 3.05) is 46.9 Å². The molecule has 0 heterocycles. The Morgan fingerprint density at radius 2 is 2.14 bits per heavy atom. The van der Waals surface area contributed by atoms with Crippen molar-refractivity contribution >= 4 is 35.8 Å². The first-order valence-electron chi connectivity index (χ1n) is 7.54. The lowest BCUT2D eigenvalue weighted by Gasteiger charge is -2.12. The molecule has 0 aromatic carbocycles. The van der Waals surface area contributed by atoms with Gasteiger partial charge in [0, 0.05) is 40.4 Å². The van der Waals surface area contributed by atoms with Gasteiger partial charge in [-0.15, -0.1) is 30.6 Å². The highest BCUT2D eigenvalue weighted by molar-refractivity contribution is 14.0. The second-order valence-corrected chi connectivity index (χ2v) is 5.42. The zero-order valence-corrected chi connectivity index (χ0v) is 16.0. The van der Waals surface area contributed by atoms with Gasteiger partial charge in [-0.25, -0.2) is 4.99 Å². The highest BCUT2D eigenvalue weighted by Gasteiger charge is 2.20. The fourth-order valence-corrected chi connectivity index (χ4v) is 1.55. The molecule has 1 amide bonds. The van der Waals surface area contributed by atoms with E-state index in [9.17, 15) is 4.79 Å². The Bertz CT molecular complexity index is 357. The van der Waals surface area contributed by atoms with Crippen molar-refractivity contribution in [2.24, 2.45) is 10.9 Å². The standard InChI is InChI=1S/C15H28N4O2.HI/c1-4-8-16-15(18-11-14(20)19(2)3)17-9-5-10-21-12-13-6-7-13;/h4,13H,1,5-12H2,2-3H3,(H2,16,17,18);1H. The zero-order chi connectivity index (χ0) is 15.5. The molecule has 0 bridgehead atoms. The number of nitrogens with zero attached hydrogens (tertiary/aromatic N) is 2. The number of aliphatic imine (C=N–C) groups is 1. The van der Waals surface area contributed by atoms with Gasteiger partial charge in [-0.05, 0) is 25.2 Å². The highest BCUT2D eigenvalue weighted by Crippen LogP contribution is 2.28. The maximum absolute atomic E-state index is 11.5. The molecule has 128 valence electrons. The van der Waals surface area contributed by atoms with Crippen molar-refractivity contribution in [1.29, 1.82) is 0 Å². The monoisotopic (exact) mass is 424 g/mol. The van der Waals surface area contributed by atoms with Crippen LogP contribution < -0.4 is 10.6 Å². The predicted octanol–water partition coefficient (Wildman–Crippen LogP) is 1.23. The molecule has 7 heteroatoms. The first kappa shape index (κ1) is 21.2. The summed E-state index contributed by atoms with van der Waals surface area (Å²) in [5.41, 5.74) is 0. The van der Waals surface area contributed by atoms with Gasteiger partial charge in [0.1, 0.15) is 6.54 Å². The molecule has 22 heavy (non-hydrogen) atoms. The molecule has 1 fully saturated rings. The van der Waals surface area contributed by atoms with Crippen molar-refractivity contribution in [3.8, 4) is 0 Å². The van der Waals surface area contributed by atoms with E-state index in [-0.39, 0.29) is 36.4 Å². The van der Waals surface area contributed by atoms with Crippen molar-refractivity contribution in [2.45, 2.75) is 19.3 Å². The van der Waals surface area contributed by atoms with Crippen LogP contribution in [-0.2, 0) is 9.53 Å². The third-order valence-corrected chi connectivity index (χ3v) is 3.09. The molecular weight excluding hydrogens is 395 g/mol. The Labute approximate surface area is 150 Å². The SMILES string of the molecule is C=CCNC(=NCC(=O)N(C)C)NCCCOCC1CC1.I. The molecule has 1 rings (SSSR count). The lowest BCUT2D eigenvalue weighted by atomic mass is 10.4. The summed E-state index contributed by atoms with van der Waals surface area (Å²) in [7, 11) is 3.44. The fraction of sp³-hybridized carbons (Fsp3) is 0.733. The van der Waals surface area contributed by atoms with E-state index in [2.05, 4.69) is 22.2 Å². The van der Waals surface area contributed by atoms with E-state index in [1.165, 1.54) is 17.7 Å². The van der Waals surface area contributed by atoms with E-state index in [1.807, 2.05) is 0 Å². The van der Waals surface area contributed by atoms with Crippen LogP contribution in [0.1, 0.15) is 19.3 Å². The number of carbonyl (C=O) groups is 1. The van der Waals surface area contributed by atoms with Gasteiger partial charge in [-0.1, -0.05) is 6.08 Å².